The van der Waals surface area contributed by atoms with Crippen LogP contribution in [0.1, 0.15) is 33.1 Å². The Balaban J connectivity index is 2.84. The molecule has 3 nitrogen and oxygen atoms in total. The van der Waals surface area contributed by atoms with Gasteiger partial charge in [-0.3, -0.25) is 0 Å². The summed E-state index contributed by atoms with van der Waals surface area (Å²) in [4.78, 5) is 0. The van der Waals surface area contributed by atoms with Gasteiger partial charge in [0.05, 0.1) is 6.10 Å². The smallest absolute Gasteiger partial charge is 0.0524 e. The van der Waals surface area contributed by atoms with Gasteiger partial charge in [-0.25, -0.2) is 0 Å². The normalized spacial score (nSPS) is 13.2. The Kier molecular flexibility index (Phi) is 9.87. The van der Waals surface area contributed by atoms with Crippen molar-refractivity contribution in [3.63, 3.8) is 0 Å². The van der Waals surface area contributed by atoms with Crippen LogP contribution in [-0.2, 0) is 4.74 Å². The van der Waals surface area contributed by atoms with Gasteiger partial charge in [0.1, 0.15) is 0 Å². The van der Waals surface area contributed by atoms with E-state index in [1.807, 2.05) is 6.92 Å². The molecule has 13 heavy (non-hydrogen) atoms. The minimum Gasteiger partial charge on any atom is -0.393 e. The van der Waals surface area contributed by atoms with Gasteiger partial charge in [-0.2, -0.15) is 0 Å². The van der Waals surface area contributed by atoms with Gasteiger partial charge in [0.15, 0.2) is 0 Å². The number of nitrogens with one attached hydrogen (secondary N) is 1. The molecule has 0 radical (unpaired) electrons. The van der Waals surface area contributed by atoms with E-state index in [0.29, 0.717) is 0 Å². The zero-order valence-electron chi connectivity index (χ0n) is 8.88. The van der Waals surface area contributed by atoms with E-state index >= 15 is 0 Å². The summed E-state index contributed by atoms with van der Waals surface area (Å²) in [6, 6.07) is 0. The minimum absolute atomic E-state index is 0.191. The monoisotopic (exact) mass is 189 g/mol. The quantitative estimate of drug-likeness (QED) is 0.535. The molecule has 0 aliphatic heterocycles. The molecule has 0 saturated heterocycles. The number of aliphatic hydroxyl groups is 1. The van der Waals surface area contributed by atoms with Crippen LogP contribution in [0.15, 0.2) is 0 Å². The average molecular weight is 189 g/mol. The molecule has 1 unspecified atom stereocenters. The summed E-state index contributed by atoms with van der Waals surface area (Å²) in [5.41, 5.74) is 0. The molecule has 0 fully saturated rings. The third kappa shape index (κ3) is 11.9. The molecule has 0 amide bonds. The molecule has 0 aromatic heterocycles. The standard InChI is InChI=1S/C10H23NO2/c1-3-8-13-9-4-6-11-7-5-10(2)12/h10-12H,3-9H2,1-2H3. The molecule has 0 aliphatic carbocycles. The predicted octanol–water partition coefficient (Wildman–Crippen LogP) is 1.16. The Morgan fingerprint density at radius 2 is 2.08 bits per heavy atom. The number of ether oxygens (including phenoxy) is 1. The van der Waals surface area contributed by atoms with Gasteiger partial charge in [0, 0.05) is 13.2 Å². The summed E-state index contributed by atoms with van der Waals surface area (Å²) < 4.78 is 5.32. The van der Waals surface area contributed by atoms with E-state index in [4.69, 9.17) is 9.84 Å². The van der Waals surface area contributed by atoms with Crippen LogP contribution in [0.2, 0.25) is 0 Å². The van der Waals surface area contributed by atoms with E-state index in [2.05, 4.69) is 12.2 Å². The van der Waals surface area contributed by atoms with Gasteiger partial charge < -0.3 is 15.2 Å². The fraction of sp³-hybridized carbons (Fsp3) is 1.00. The molecule has 0 spiro atoms. The highest BCUT2D eigenvalue weighted by Gasteiger charge is 1.93. The number of hydrogen-bond acceptors (Lipinski definition) is 3. The van der Waals surface area contributed by atoms with Crippen molar-refractivity contribution >= 4 is 0 Å². The first-order chi connectivity index (χ1) is 6.27. The van der Waals surface area contributed by atoms with E-state index in [9.17, 15) is 0 Å². The highest BCUT2D eigenvalue weighted by molar-refractivity contribution is 4.51. The Bertz CT molecular complexity index is 96.9. The molecule has 0 aromatic rings. The van der Waals surface area contributed by atoms with E-state index in [1.54, 1.807) is 0 Å². The van der Waals surface area contributed by atoms with Gasteiger partial charge >= 0.3 is 0 Å². The van der Waals surface area contributed by atoms with Crippen molar-refractivity contribution < 1.29 is 9.84 Å². The van der Waals surface area contributed by atoms with Crippen LogP contribution in [0.25, 0.3) is 0 Å². The van der Waals surface area contributed by atoms with E-state index in [0.717, 1.165) is 45.6 Å². The lowest BCUT2D eigenvalue weighted by atomic mass is 10.3. The fourth-order valence-electron chi connectivity index (χ4n) is 0.982. The van der Waals surface area contributed by atoms with Crippen LogP contribution in [-0.4, -0.2) is 37.5 Å². The van der Waals surface area contributed by atoms with Crippen molar-refractivity contribution in [3.05, 3.63) is 0 Å². The second-order valence-electron chi connectivity index (χ2n) is 3.35. The summed E-state index contributed by atoms with van der Waals surface area (Å²) in [7, 11) is 0. The lowest BCUT2D eigenvalue weighted by Gasteiger charge is -2.06. The average Bonchev–Trinajstić information content (AvgIpc) is 2.09. The first-order valence-corrected chi connectivity index (χ1v) is 5.24. The number of hydrogen-bond donors (Lipinski definition) is 2. The van der Waals surface area contributed by atoms with Crippen LogP contribution in [0.5, 0.6) is 0 Å². The lowest BCUT2D eigenvalue weighted by Crippen LogP contribution is -2.21. The van der Waals surface area contributed by atoms with Crippen molar-refractivity contribution in [2.24, 2.45) is 0 Å². The van der Waals surface area contributed by atoms with Crippen molar-refractivity contribution in [3.8, 4) is 0 Å². The van der Waals surface area contributed by atoms with Crippen LogP contribution < -0.4 is 5.32 Å². The summed E-state index contributed by atoms with van der Waals surface area (Å²) in [6.07, 6.45) is 2.79. The Hall–Kier alpha value is -0.120. The van der Waals surface area contributed by atoms with Gasteiger partial charge in [0.2, 0.25) is 0 Å². The number of rotatable bonds is 9. The van der Waals surface area contributed by atoms with Gasteiger partial charge in [-0.1, -0.05) is 6.92 Å². The molecular formula is C10H23NO2. The minimum atomic E-state index is -0.191. The zero-order valence-corrected chi connectivity index (χ0v) is 8.88. The molecular weight excluding hydrogens is 166 g/mol. The first kappa shape index (κ1) is 12.9. The molecule has 80 valence electrons. The number of aliphatic hydroxyl groups excluding tert-OH is 1. The SMILES string of the molecule is CCCOCCCNCCC(C)O. The van der Waals surface area contributed by atoms with Gasteiger partial charge in [-0.15, -0.1) is 0 Å². The summed E-state index contributed by atoms with van der Waals surface area (Å²) in [6.45, 7) is 7.51. The van der Waals surface area contributed by atoms with Crippen LogP contribution in [0.4, 0.5) is 0 Å². The van der Waals surface area contributed by atoms with Crippen molar-refractivity contribution in [2.75, 3.05) is 26.3 Å². The maximum atomic E-state index is 8.96. The van der Waals surface area contributed by atoms with E-state index in [1.165, 1.54) is 0 Å². The Labute approximate surface area is 81.5 Å². The largest absolute Gasteiger partial charge is 0.393 e. The highest BCUT2D eigenvalue weighted by Crippen LogP contribution is 1.87. The molecule has 0 aromatic carbocycles. The van der Waals surface area contributed by atoms with Crippen LogP contribution >= 0.6 is 0 Å². The second-order valence-corrected chi connectivity index (χ2v) is 3.35. The topological polar surface area (TPSA) is 41.5 Å². The molecule has 0 bridgehead atoms. The predicted molar refractivity (Wildman–Crippen MR) is 54.9 cm³/mol. The third-order valence-electron chi connectivity index (χ3n) is 1.73. The molecule has 0 aliphatic rings. The zero-order chi connectivity index (χ0) is 9.94. The second kappa shape index (κ2) is 9.96. The van der Waals surface area contributed by atoms with Gasteiger partial charge in [-0.05, 0) is 39.3 Å². The Morgan fingerprint density at radius 3 is 2.69 bits per heavy atom. The maximum absolute atomic E-state index is 8.96. The molecule has 1 atom stereocenters. The molecule has 0 rings (SSSR count). The van der Waals surface area contributed by atoms with Crippen molar-refractivity contribution in [1.29, 1.82) is 0 Å². The van der Waals surface area contributed by atoms with E-state index in [-0.39, 0.29) is 6.10 Å². The van der Waals surface area contributed by atoms with Crippen LogP contribution in [0.3, 0.4) is 0 Å². The summed E-state index contributed by atoms with van der Waals surface area (Å²) in [5.74, 6) is 0. The van der Waals surface area contributed by atoms with Gasteiger partial charge in [0.25, 0.3) is 0 Å². The fourth-order valence-corrected chi connectivity index (χ4v) is 0.982. The Morgan fingerprint density at radius 1 is 1.31 bits per heavy atom. The van der Waals surface area contributed by atoms with E-state index < -0.39 is 0 Å². The molecule has 0 saturated carbocycles. The summed E-state index contributed by atoms with van der Waals surface area (Å²) >= 11 is 0. The third-order valence-corrected chi connectivity index (χ3v) is 1.73. The highest BCUT2D eigenvalue weighted by atomic mass is 16.5. The van der Waals surface area contributed by atoms with Crippen molar-refractivity contribution in [1.82, 2.24) is 5.32 Å². The molecule has 3 heteroatoms. The molecule has 0 heterocycles. The first-order valence-electron chi connectivity index (χ1n) is 5.24. The molecule has 2 N–H and O–H groups in total. The lowest BCUT2D eigenvalue weighted by molar-refractivity contribution is 0.131. The summed E-state index contributed by atoms with van der Waals surface area (Å²) in [5, 5.41) is 12.2. The van der Waals surface area contributed by atoms with Crippen LogP contribution in [0, 0.1) is 0 Å². The maximum Gasteiger partial charge on any atom is 0.0524 e. The van der Waals surface area contributed by atoms with Crippen molar-refractivity contribution in [2.45, 2.75) is 39.2 Å².